The van der Waals surface area contributed by atoms with Gasteiger partial charge in [-0.2, -0.15) is 0 Å². The molecule has 1 heterocycles. The van der Waals surface area contributed by atoms with Crippen LogP contribution in [0, 0.1) is 5.82 Å². The first-order valence-electron chi connectivity index (χ1n) is 11.1. The summed E-state index contributed by atoms with van der Waals surface area (Å²) in [5, 5.41) is 3.72. The van der Waals surface area contributed by atoms with E-state index < -0.39 is 6.10 Å². The van der Waals surface area contributed by atoms with Crippen LogP contribution in [0.3, 0.4) is 0 Å². The minimum atomic E-state index is -0.735. The van der Waals surface area contributed by atoms with Crippen molar-refractivity contribution >= 4 is 40.5 Å². The standard InChI is InChI=1S/C26H26Cl2FN3O2/c1-18(34-25-11-6-20(27)16-23(25)28)26(33)30-21-7-9-22(10-8-21)32-14-12-31(13-15-32)17-19-4-2-3-5-24(19)29/h2-11,16,18H,12-15,17H2,1H3,(H,30,33). The molecule has 178 valence electrons. The molecule has 0 radical (unpaired) electrons. The summed E-state index contributed by atoms with van der Waals surface area (Å²) in [5.41, 5.74) is 2.50. The highest BCUT2D eigenvalue weighted by Gasteiger charge is 2.19. The number of hydrogen-bond donors (Lipinski definition) is 1. The molecule has 3 aromatic rings. The van der Waals surface area contributed by atoms with Gasteiger partial charge >= 0.3 is 0 Å². The lowest BCUT2D eigenvalue weighted by atomic mass is 10.1. The first-order chi connectivity index (χ1) is 16.4. The van der Waals surface area contributed by atoms with Crippen LogP contribution < -0.4 is 15.0 Å². The van der Waals surface area contributed by atoms with Crippen molar-refractivity contribution in [2.24, 2.45) is 0 Å². The fourth-order valence-electron chi connectivity index (χ4n) is 3.85. The third kappa shape index (κ3) is 6.20. The second-order valence-electron chi connectivity index (χ2n) is 8.23. The van der Waals surface area contributed by atoms with E-state index in [1.165, 1.54) is 6.07 Å². The molecule has 1 saturated heterocycles. The SMILES string of the molecule is CC(Oc1ccc(Cl)cc1Cl)C(=O)Nc1ccc(N2CCN(Cc3ccccc3F)CC2)cc1. The Morgan fingerprint density at radius 1 is 1.03 bits per heavy atom. The maximum atomic E-state index is 13.9. The van der Waals surface area contributed by atoms with Gasteiger partial charge in [0, 0.05) is 54.7 Å². The number of hydrogen-bond acceptors (Lipinski definition) is 4. The molecular weight excluding hydrogens is 476 g/mol. The number of halogens is 3. The molecule has 1 aliphatic heterocycles. The van der Waals surface area contributed by atoms with Gasteiger partial charge in [0.1, 0.15) is 11.6 Å². The van der Waals surface area contributed by atoms with E-state index in [1.54, 1.807) is 31.2 Å². The molecule has 1 atom stereocenters. The van der Waals surface area contributed by atoms with E-state index in [2.05, 4.69) is 15.1 Å². The lowest BCUT2D eigenvalue weighted by Crippen LogP contribution is -2.46. The number of rotatable bonds is 7. The summed E-state index contributed by atoms with van der Waals surface area (Å²) in [7, 11) is 0. The number of amides is 1. The monoisotopic (exact) mass is 501 g/mol. The second-order valence-corrected chi connectivity index (χ2v) is 9.07. The van der Waals surface area contributed by atoms with Crippen LogP contribution >= 0.6 is 23.2 Å². The molecule has 3 aromatic carbocycles. The highest BCUT2D eigenvalue weighted by Crippen LogP contribution is 2.28. The zero-order valence-electron chi connectivity index (χ0n) is 18.8. The van der Waals surface area contributed by atoms with Crippen molar-refractivity contribution in [2.45, 2.75) is 19.6 Å². The third-order valence-electron chi connectivity index (χ3n) is 5.79. The van der Waals surface area contributed by atoms with Gasteiger partial charge in [-0.25, -0.2) is 4.39 Å². The Bertz CT molecular complexity index is 1140. The maximum Gasteiger partial charge on any atom is 0.265 e. The average Bonchev–Trinajstić information content (AvgIpc) is 2.83. The van der Waals surface area contributed by atoms with Crippen LogP contribution in [-0.4, -0.2) is 43.1 Å². The summed E-state index contributed by atoms with van der Waals surface area (Å²) in [4.78, 5) is 17.1. The van der Waals surface area contributed by atoms with Crippen molar-refractivity contribution in [3.05, 3.63) is 88.2 Å². The van der Waals surface area contributed by atoms with Crippen LogP contribution in [0.1, 0.15) is 12.5 Å². The number of nitrogens with one attached hydrogen (secondary N) is 1. The Morgan fingerprint density at radius 3 is 2.41 bits per heavy atom. The predicted octanol–water partition coefficient (Wildman–Crippen LogP) is 5.86. The summed E-state index contributed by atoms with van der Waals surface area (Å²) < 4.78 is 19.6. The number of nitrogens with zero attached hydrogens (tertiary/aromatic N) is 2. The molecular formula is C26H26Cl2FN3O2. The molecule has 4 rings (SSSR count). The molecule has 1 amide bonds. The van der Waals surface area contributed by atoms with Gasteiger partial charge in [0.25, 0.3) is 5.91 Å². The van der Waals surface area contributed by atoms with Crippen molar-refractivity contribution < 1.29 is 13.9 Å². The van der Waals surface area contributed by atoms with Gasteiger partial charge < -0.3 is 15.0 Å². The molecule has 1 fully saturated rings. The summed E-state index contributed by atoms with van der Waals surface area (Å²) in [6.07, 6.45) is -0.735. The van der Waals surface area contributed by atoms with Crippen molar-refractivity contribution in [2.75, 3.05) is 36.4 Å². The van der Waals surface area contributed by atoms with E-state index in [0.29, 0.717) is 28.0 Å². The molecule has 0 aliphatic carbocycles. The molecule has 0 bridgehead atoms. The normalized spacial score (nSPS) is 15.1. The van der Waals surface area contributed by atoms with Gasteiger partial charge in [0.05, 0.1) is 5.02 Å². The number of carbonyl (C=O) groups excluding carboxylic acids is 1. The van der Waals surface area contributed by atoms with Gasteiger partial charge in [-0.05, 0) is 55.5 Å². The van der Waals surface area contributed by atoms with Gasteiger partial charge in [0.15, 0.2) is 6.10 Å². The van der Waals surface area contributed by atoms with Crippen molar-refractivity contribution in [3.63, 3.8) is 0 Å². The molecule has 0 saturated carbocycles. The first kappa shape index (κ1) is 24.3. The fourth-order valence-corrected chi connectivity index (χ4v) is 4.30. The van der Waals surface area contributed by atoms with Crippen LogP contribution in [0.25, 0.3) is 0 Å². The number of carbonyl (C=O) groups is 1. The van der Waals surface area contributed by atoms with Gasteiger partial charge in [-0.1, -0.05) is 41.4 Å². The maximum absolute atomic E-state index is 13.9. The van der Waals surface area contributed by atoms with Crippen LogP contribution in [-0.2, 0) is 11.3 Å². The lowest BCUT2D eigenvalue weighted by molar-refractivity contribution is -0.122. The van der Waals surface area contributed by atoms with Crippen molar-refractivity contribution in [1.29, 1.82) is 0 Å². The Labute approximate surface area is 209 Å². The van der Waals surface area contributed by atoms with E-state index in [0.717, 1.165) is 37.4 Å². The highest BCUT2D eigenvalue weighted by molar-refractivity contribution is 6.35. The summed E-state index contributed by atoms with van der Waals surface area (Å²) >= 11 is 12.0. The molecule has 1 aliphatic rings. The quantitative estimate of drug-likeness (QED) is 0.440. The molecule has 34 heavy (non-hydrogen) atoms. The molecule has 1 N–H and O–H groups in total. The molecule has 1 unspecified atom stereocenters. The Morgan fingerprint density at radius 2 is 1.74 bits per heavy atom. The third-order valence-corrected chi connectivity index (χ3v) is 6.32. The van der Waals surface area contributed by atoms with Crippen molar-refractivity contribution in [3.8, 4) is 5.75 Å². The van der Waals surface area contributed by atoms with Gasteiger partial charge in [0.2, 0.25) is 0 Å². The smallest absolute Gasteiger partial charge is 0.265 e. The number of anilines is 2. The number of piperazine rings is 1. The minimum absolute atomic E-state index is 0.154. The van der Waals surface area contributed by atoms with E-state index in [-0.39, 0.29) is 11.7 Å². The highest BCUT2D eigenvalue weighted by atomic mass is 35.5. The van der Waals surface area contributed by atoms with E-state index in [9.17, 15) is 9.18 Å². The molecule has 5 nitrogen and oxygen atoms in total. The number of benzene rings is 3. The molecule has 8 heteroatoms. The van der Waals surface area contributed by atoms with Crippen LogP contribution in [0.5, 0.6) is 5.75 Å². The minimum Gasteiger partial charge on any atom is -0.479 e. The summed E-state index contributed by atoms with van der Waals surface area (Å²) in [6.45, 7) is 5.70. The first-order valence-corrected chi connectivity index (χ1v) is 11.9. The van der Waals surface area contributed by atoms with Crippen LogP contribution in [0.15, 0.2) is 66.7 Å². The van der Waals surface area contributed by atoms with Gasteiger partial charge in [-0.3, -0.25) is 9.69 Å². The second kappa shape index (κ2) is 11.1. The zero-order valence-corrected chi connectivity index (χ0v) is 20.3. The number of ether oxygens (including phenoxy) is 1. The van der Waals surface area contributed by atoms with E-state index in [1.807, 2.05) is 36.4 Å². The van der Waals surface area contributed by atoms with E-state index in [4.69, 9.17) is 27.9 Å². The predicted molar refractivity (Wildman–Crippen MR) is 136 cm³/mol. The molecule has 0 aromatic heterocycles. The van der Waals surface area contributed by atoms with Crippen molar-refractivity contribution in [1.82, 2.24) is 4.90 Å². The van der Waals surface area contributed by atoms with Gasteiger partial charge in [-0.15, -0.1) is 0 Å². The topological polar surface area (TPSA) is 44.8 Å². The Balaban J connectivity index is 1.27. The van der Waals surface area contributed by atoms with Crippen LogP contribution in [0.4, 0.5) is 15.8 Å². The lowest BCUT2D eigenvalue weighted by Gasteiger charge is -2.36. The van der Waals surface area contributed by atoms with Crippen LogP contribution in [0.2, 0.25) is 10.0 Å². The summed E-state index contributed by atoms with van der Waals surface area (Å²) in [6, 6.07) is 19.5. The fraction of sp³-hybridized carbons (Fsp3) is 0.269. The molecule has 0 spiro atoms. The zero-order chi connectivity index (χ0) is 24.1. The Hall–Kier alpha value is -2.80. The summed E-state index contributed by atoms with van der Waals surface area (Å²) in [5.74, 6) is -0.0303. The van der Waals surface area contributed by atoms with E-state index >= 15 is 0 Å². The average molecular weight is 502 g/mol. The Kier molecular flexibility index (Phi) is 7.93. The largest absolute Gasteiger partial charge is 0.479 e.